The van der Waals surface area contributed by atoms with E-state index >= 15 is 0 Å². The van der Waals surface area contributed by atoms with Crippen molar-refractivity contribution in [2.24, 2.45) is 0 Å². The van der Waals surface area contributed by atoms with Crippen molar-refractivity contribution in [1.82, 2.24) is 5.32 Å². The van der Waals surface area contributed by atoms with E-state index < -0.39 is 5.82 Å². The summed E-state index contributed by atoms with van der Waals surface area (Å²) in [5, 5.41) is 3.14. The van der Waals surface area contributed by atoms with Gasteiger partial charge in [-0.25, -0.2) is 4.39 Å². The maximum absolute atomic E-state index is 13.1. The minimum atomic E-state index is -0.397. The van der Waals surface area contributed by atoms with Crippen molar-refractivity contribution >= 4 is 11.6 Å². The van der Waals surface area contributed by atoms with E-state index in [-0.39, 0.29) is 11.1 Å². The Kier molecular flexibility index (Phi) is 2.14. The van der Waals surface area contributed by atoms with Gasteiger partial charge in [0.2, 0.25) is 0 Å². The van der Waals surface area contributed by atoms with Crippen LogP contribution in [0.3, 0.4) is 0 Å². The SMILES string of the molecule is CNC1COc2cc(Cl)c(F)cc21. The van der Waals surface area contributed by atoms with Crippen LogP contribution >= 0.6 is 11.6 Å². The number of rotatable bonds is 1. The molecule has 0 radical (unpaired) electrons. The van der Waals surface area contributed by atoms with Gasteiger partial charge in [0.15, 0.2) is 0 Å². The fourth-order valence-electron chi connectivity index (χ4n) is 1.44. The van der Waals surface area contributed by atoms with Crippen LogP contribution in [0.2, 0.25) is 5.02 Å². The third kappa shape index (κ3) is 1.38. The van der Waals surface area contributed by atoms with E-state index in [1.165, 1.54) is 12.1 Å². The highest BCUT2D eigenvalue weighted by atomic mass is 35.5. The van der Waals surface area contributed by atoms with Crippen molar-refractivity contribution in [2.75, 3.05) is 13.7 Å². The summed E-state index contributed by atoms with van der Waals surface area (Å²) in [6.07, 6.45) is 0. The molecule has 0 aromatic heterocycles. The summed E-state index contributed by atoms with van der Waals surface area (Å²) in [6.45, 7) is 0.533. The summed E-state index contributed by atoms with van der Waals surface area (Å²) in [5.74, 6) is 0.275. The number of ether oxygens (including phenoxy) is 1. The molecule has 1 N–H and O–H groups in total. The molecule has 0 saturated heterocycles. The lowest BCUT2D eigenvalue weighted by Gasteiger charge is -2.06. The quantitative estimate of drug-likeness (QED) is 0.752. The Hall–Kier alpha value is -0.800. The molecule has 0 amide bonds. The van der Waals surface area contributed by atoms with Crippen molar-refractivity contribution in [3.63, 3.8) is 0 Å². The van der Waals surface area contributed by atoms with Gasteiger partial charge in [-0.1, -0.05) is 11.6 Å². The van der Waals surface area contributed by atoms with Crippen molar-refractivity contribution in [2.45, 2.75) is 6.04 Å². The number of fused-ring (bicyclic) bond motifs is 1. The predicted octanol–water partition coefficient (Wildman–Crippen LogP) is 2.13. The maximum Gasteiger partial charge on any atom is 0.142 e. The van der Waals surface area contributed by atoms with Crippen LogP contribution in [0.25, 0.3) is 0 Å². The monoisotopic (exact) mass is 201 g/mol. The van der Waals surface area contributed by atoms with Gasteiger partial charge in [0.25, 0.3) is 0 Å². The third-order valence-electron chi connectivity index (χ3n) is 2.18. The summed E-state index contributed by atoms with van der Waals surface area (Å²) >= 11 is 5.61. The zero-order valence-corrected chi connectivity index (χ0v) is 7.86. The van der Waals surface area contributed by atoms with Gasteiger partial charge in [-0.3, -0.25) is 0 Å². The first kappa shape index (κ1) is 8.78. The van der Waals surface area contributed by atoms with Gasteiger partial charge in [-0.05, 0) is 13.1 Å². The Morgan fingerprint density at radius 3 is 3.08 bits per heavy atom. The lowest BCUT2D eigenvalue weighted by atomic mass is 10.1. The van der Waals surface area contributed by atoms with Gasteiger partial charge in [0, 0.05) is 11.6 Å². The topological polar surface area (TPSA) is 21.3 Å². The van der Waals surface area contributed by atoms with Crippen LogP contribution in [0, 0.1) is 5.82 Å². The highest BCUT2D eigenvalue weighted by Gasteiger charge is 2.24. The average Bonchev–Trinajstić information content (AvgIpc) is 2.48. The summed E-state index contributed by atoms with van der Waals surface area (Å²) in [6, 6.07) is 3.01. The average molecular weight is 202 g/mol. The minimum absolute atomic E-state index is 0.0711. The Morgan fingerprint density at radius 1 is 1.62 bits per heavy atom. The van der Waals surface area contributed by atoms with Crippen LogP contribution in [-0.4, -0.2) is 13.7 Å². The van der Waals surface area contributed by atoms with Crippen molar-refractivity contribution in [3.8, 4) is 5.75 Å². The molecular weight excluding hydrogens is 193 g/mol. The fourth-order valence-corrected chi connectivity index (χ4v) is 1.60. The van der Waals surface area contributed by atoms with E-state index in [1.807, 2.05) is 7.05 Å². The fraction of sp³-hybridized carbons (Fsp3) is 0.333. The number of halogens is 2. The molecule has 1 atom stereocenters. The smallest absolute Gasteiger partial charge is 0.142 e. The second-order valence-electron chi connectivity index (χ2n) is 2.96. The zero-order valence-electron chi connectivity index (χ0n) is 7.10. The van der Waals surface area contributed by atoms with E-state index in [1.54, 1.807) is 0 Å². The lowest BCUT2D eigenvalue weighted by Crippen LogP contribution is -2.17. The standard InChI is InChI=1S/C9H9ClFNO/c1-12-8-4-13-9-3-6(10)7(11)2-5(8)9/h2-3,8,12H,4H2,1H3. The first-order valence-electron chi connectivity index (χ1n) is 4.01. The molecule has 1 heterocycles. The van der Waals surface area contributed by atoms with Crippen molar-refractivity contribution in [1.29, 1.82) is 0 Å². The number of nitrogens with one attached hydrogen (secondary N) is 1. The summed E-state index contributed by atoms with van der Waals surface area (Å²) in [7, 11) is 1.82. The molecule has 1 unspecified atom stereocenters. The van der Waals surface area contributed by atoms with Gasteiger partial charge in [0.1, 0.15) is 18.2 Å². The van der Waals surface area contributed by atoms with Crippen LogP contribution < -0.4 is 10.1 Å². The Labute approximate surface area is 80.7 Å². The molecular formula is C9H9ClFNO. The molecule has 0 fully saturated rings. The zero-order chi connectivity index (χ0) is 9.42. The second-order valence-corrected chi connectivity index (χ2v) is 3.36. The molecule has 1 aliphatic rings. The molecule has 13 heavy (non-hydrogen) atoms. The van der Waals surface area contributed by atoms with Crippen molar-refractivity contribution in [3.05, 3.63) is 28.5 Å². The summed E-state index contributed by atoms with van der Waals surface area (Å²) < 4.78 is 18.4. The van der Waals surface area contributed by atoms with Crippen molar-refractivity contribution < 1.29 is 9.13 Å². The predicted molar refractivity (Wildman–Crippen MR) is 48.7 cm³/mol. The highest BCUT2D eigenvalue weighted by Crippen LogP contribution is 2.35. The van der Waals surface area contributed by atoms with Gasteiger partial charge in [-0.15, -0.1) is 0 Å². The van der Waals surface area contributed by atoms with Gasteiger partial charge < -0.3 is 10.1 Å². The van der Waals surface area contributed by atoms with Gasteiger partial charge in [0.05, 0.1) is 11.1 Å². The van der Waals surface area contributed by atoms with E-state index in [2.05, 4.69) is 5.32 Å². The Bertz CT molecular complexity index is 343. The van der Waals surface area contributed by atoms with E-state index in [0.717, 1.165) is 5.56 Å². The molecule has 70 valence electrons. The number of likely N-dealkylation sites (N-methyl/N-ethyl adjacent to an activating group) is 1. The van der Waals surface area contributed by atoms with Crippen LogP contribution in [0.15, 0.2) is 12.1 Å². The summed E-state index contributed by atoms with van der Waals surface area (Å²) in [5.41, 5.74) is 0.837. The lowest BCUT2D eigenvalue weighted by molar-refractivity contribution is 0.318. The Morgan fingerprint density at radius 2 is 2.38 bits per heavy atom. The van der Waals surface area contributed by atoms with Crippen LogP contribution in [-0.2, 0) is 0 Å². The van der Waals surface area contributed by atoms with Gasteiger partial charge in [-0.2, -0.15) is 0 Å². The van der Waals surface area contributed by atoms with Gasteiger partial charge >= 0.3 is 0 Å². The Balaban J connectivity index is 2.47. The molecule has 0 aliphatic carbocycles. The molecule has 2 nitrogen and oxygen atoms in total. The molecule has 0 saturated carbocycles. The second kappa shape index (κ2) is 3.16. The van der Waals surface area contributed by atoms with Crippen LogP contribution in [0.1, 0.15) is 11.6 Å². The normalized spacial score (nSPS) is 19.8. The third-order valence-corrected chi connectivity index (χ3v) is 2.47. The first-order valence-corrected chi connectivity index (χ1v) is 4.39. The maximum atomic E-state index is 13.1. The van der Waals surface area contributed by atoms with Crippen LogP contribution in [0.4, 0.5) is 4.39 Å². The summed E-state index contributed by atoms with van der Waals surface area (Å²) in [4.78, 5) is 0. The molecule has 0 bridgehead atoms. The number of hydrogen-bond donors (Lipinski definition) is 1. The number of hydrogen-bond acceptors (Lipinski definition) is 2. The van der Waals surface area contributed by atoms with E-state index in [4.69, 9.17) is 16.3 Å². The van der Waals surface area contributed by atoms with E-state index in [9.17, 15) is 4.39 Å². The molecule has 1 aromatic rings. The largest absolute Gasteiger partial charge is 0.491 e. The molecule has 4 heteroatoms. The highest BCUT2D eigenvalue weighted by molar-refractivity contribution is 6.30. The molecule has 0 spiro atoms. The first-order chi connectivity index (χ1) is 6.22. The van der Waals surface area contributed by atoms with Crippen LogP contribution in [0.5, 0.6) is 5.75 Å². The molecule has 1 aliphatic heterocycles. The van der Waals surface area contributed by atoms with E-state index in [0.29, 0.717) is 12.4 Å². The number of benzene rings is 1. The minimum Gasteiger partial charge on any atom is -0.491 e. The molecule has 2 rings (SSSR count). The molecule has 1 aromatic carbocycles.